The molecule has 1 fully saturated rings. The maximum Gasteiger partial charge on any atom is 0.293 e. The van der Waals surface area contributed by atoms with Crippen molar-refractivity contribution in [3.8, 4) is 17.1 Å². The summed E-state index contributed by atoms with van der Waals surface area (Å²) in [5, 5.41) is 10.6. The predicted molar refractivity (Wildman–Crippen MR) is 142 cm³/mol. The van der Waals surface area contributed by atoms with Crippen LogP contribution in [0.15, 0.2) is 62.3 Å². The molecule has 2 aromatic carbocycles. The molecule has 0 atom stereocenters. The number of rotatable bonds is 8. The SMILES string of the molecule is Cc1ccc(C(C)C)c(OCCN2C(=O)S/C(=C\c3ccc(-c4ccc([N+](=O)[O-])cc4Br)o3)C2=O)c1. The molecule has 0 saturated carbocycles. The van der Waals surface area contributed by atoms with Crippen LogP contribution in [0.2, 0.25) is 0 Å². The molecule has 0 N–H and O–H groups in total. The molecule has 0 aliphatic carbocycles. The molecule has 36 heavy (non-hydrogen) atoms. The Morgan fingerprint density at radius 2 is 1.94 bits per heavy atom. The summed E-state index contributed by atoms with van der Waals surface area (Å²) in [6, 6.07) is 13.8. The van der Waals surface area contributed by atoms with Crippen molar-refractivity contribution in [1.29, 1.82) is 0 Å². The van der Waals surface area contributed by atoms with Crippen molar-refractivity contribution in [3.63, 3.8) is 0 Å². The van der Waals surface area contributed by atoms with E-state index in [1.165, 1.54) is 18.2 Å². The summed E-state index contributed by atoms with van der Waals surface area (Å²) in [5.41, 5.74) is 2.73. The molecule has 0 bridgehead atoms. The zero-order valence-corrected chi connectivity index (χ0v) is 22.2. The van der Waals surface area contributed by atoms with E-state index in [-0.39, 0.29) is 34.9 Å². The van der Waals surface area contributed by atoms with Gasteiger partial charge in [-0.25, -0.2) is 0 Å². The number of thioether (sulfide) groups is 1. The van der Waals surface area contributed by atoms with Crippen LogP contribution in [0.5, 0.6) is 5.75 Å². The number of imide groups is 1. The van der Waals surface area contributed by atoms with Crippen LogP contribution in [0.4, 0.5) is 10.5 Å². The zero-order chi connectivity index (χ0) is 26.0. The molecule has 1 aromatic heterocycles. The molecule has 3 aromatic rings. The number of nitrogens with zero attached hydrogens (tertiary/aromatic N) is 2. The van der Waals surface area contributed by atoms with Crippen LogP contribution in [0.1, 0.15) is 36.7 Å². The molecular weight excluding hydrogens is 548 g/mol. The van der Waals surface area contributed by atoms with Crippen LogP contribution in [0, 0.1) is 17.0 Å². The van der Waals surface area contributed by atoms with Crippen molar-refractivity contribution >= 4 is 50.6 Å². The lowest BCUT2D eigenvalue weighted by Crippen LogP contribution is -2.32. The number of amides is 2. The number of benzene rings is 2. The maximum atomic E-state index is 12.9. The highest BCUT2D eigenvalue weighted by Crippen LogP contribution is 2.36. The van der Waals surface area contributed by atoms with E-state index < -0.39 is 10.8 Å². The summed E-state index contributed by atoms with van der Waals surface area (Å²) in [5.74, 6) is 1.49. The van der Waals surface area contributed by atoms with Crippen LogP contribution in [-0.4, -0.2) is 34.1 Å². The van der Waals surface area contributed by atoms with Gasteiger partial charge in [-0.2, -0.15) is 0 Å². The van der Waals surface area contributed by atoms with Crippen LogP contribution >= 0.6 is 27.7 Å². The lowest BCUT2D eigenvalue weighted by atomic mass is 10.0. The largest absolute Gasteiger partial charge is 0.491 e. The van der Waals surface area contributed by atoms with E-state index >= 15 is 0 Å². The second kappa shape index (κ2) is 10.7. The van der Waals surface area contributed by atoms with Crippen LogP contribution in [-0.2, 0) is 4.79 Å². The molecule has 1 aliphatic heterocycles. The number of halogens is 1. The Labute approximate surface area is 220 Å². The molecule has 0 unspecified atom stereocenters. The number of ether oxygens (including phenoxy) is 1. The van der Waals surface area contributed by atoms with Gasteiger partial charge >= 0.3 is 0 Å². The molecular formula is C26H23BrN2O6S. The molecule has 2 amide bonds. The highest BCUT2D eigenvalue weighted by atomic mass is 79.9. The van der Waals surface area contributed by atoms with E-state index in [9.17, 15) is 19.7 Å². The summed E-state index contributed by atoms with van der Waals surface area (Å²) in [6.45, 7) is 6.47. The van der Waals surface area contributed by atoms with Crippen LogP contribution in [0.3, 0.4) is 0 Å². The fraction of sp³-hybridized carbons (Fsp3) is 0.231. The molecule has 10 heteroatoms. The van der Waals surface area contributed by atoms with Gasteiger partial charge in [0.25, 0.3) is 16.8 Å². The Bertz CT molecular complexity index is 1380. The zero-order valence-electron chi connectivity index (χ0n) is 19.8. The Morgan fingerprint density at radius 1 is 1.17 bits per heavy atom. The average Bonchev–Trinajstić information content (AvgIpc) is 3.38. The first kappa shape index (κ1) is 25.7. The topological polar surface area (TPSA) is 103 Å². The quantitative estimate of drug-likeness (QED) is 0.161. The highest BCUT2D eigenvalue weighted by Gasteiger charge is 2.35. The fourth-order valence-electron chi connectivity index (χ4n) is 3.70. The van der Waals surface area contributed by atoms with E-state index in [1.807, 2.05) is 25.1 Å². The molecule has 1 aliphatic rings. The molecule has 2 heterocycles. The van der Waals surface area contributed by atoms with Crippen molar-refractivity contribution in [3.05, 3.63) is 84.9 Å². The van der Waals surface area contributed by atoms with Gasteiger partial charge in [0, 0.05) is 28.2 Å². The Morgan fingerprint density at radius 3 is 2.64 bits per heavy atom. The van der Waals surface area contributed by atoms with Gasteiger partial charge in [-0.15, -0.1) is 0 Å². The lowest BCUT2D eigenvalue weighted by Gasteiger charge is -2.17. The van der Waals surface area contributed by atoms with Gasteiger partial charge in [0.1, 0.15) is 23.9 Å². The second-order valence-electron chi connectivity index (χ2n) is 8.50. The van der Waals surface area contributed by atoms with Crippen LogP contribution < -0.4 is 4.74 Å². The normalized spacial score (nSPS) is 14.8. The Hall–Kier alpha value is -3.37. The minimum absolute atomic E-state index is 0.0436. The lowest BCUT2D eigenvalue weighted by molar-refractivity contribution is -0.384. The number of hydrogen-bond donors (Lipinski definition) is 0. The molecule has 8 nitrogen and oxygen atoms in total. The standard InChI is InChI=1S/C26H23BrN2O6S/c1-15(2)19-7-4-16(3)12-23(19)34-11-10-28-25(30)24(36-26(28)31)14-18-6-9-22(35-18)20-8-5-17(29(32)33)13-21(20)27/h4-9,12-15H,10-11H2,1-3H3/b24-14-. The van der Waals surface area contributed by atoms with Gasteiger partial charge in [-0.3, -0.25) is 24.6 Å². The minimum atomic E-state index is -0.479. The third-order valence-corrected chi connectivity index (χ3v) is 7.13. The number of nitro groups is 1. The minimum Gasteiger partial charge on any atom is -0.491 e. The summed E-state index contributed by atoms with van der Waals surface area (Å²) >= 11 is 4.18. The number of carbonyl (C=O) groups is 2. The first-order valence-electron chi connectivity index (χ1n) is 11.2. The Kier molecular flexibility index (Phi) is 7.65. The third-order valence-electron chi connectivity index (χ3n) is 5.57. The molecule has 1 saturated heterocycles. The van der Waals surface area contributed by atoms with E-state index in [2.05, 4.69) is 29.8 Å². The fourth-order valence-corrected chi connectivity index (χ4v) is 5.11. The summed E-state index contributed by atoms with van der Waals surface area (Å²) < 4.78 is 12.3. The molecule has 0 radical (unpaired) electrons. The number of non-ortho nitro benzene ring substituents is 1. The summed E-state index contributed by atoms with van der Waals surface area (Å²) in [6.07, 6.45) is 1.52. The van der Waals surface area contributed by atoms with Gasteiger partial charge in [0.2, 0.25) is 0 Å². The average molecular weight is 571 g/mol. The van der Waals surface area contributed by atoms with Crippen LogP contribution in [0.25, 0.3) is 17.4 Å². The molecule has 4 rings (SSSR count). The number of furan rings is 1. The van der Waals surface area contributed by atoms with E-state index in [0.717, 1.165) is 33.5 Å². The van der Waals surface area contributed by atoms with Crippen molar-refractivity contribution in [2.75, 3.05) is 13.2 Å². The number of hydrogen-bond acceptors (Lipinski definition) is 7. The predicted octanol–water partition coefficient (Wildman–Crippen LogP) is 7.16. The van der Waals surface area contributed by atoms with Gasteiger partial charge in [0.15, 0.2) is 0 Å². The first-order valence-corrected chi connectivity index (χ1v) is 12.8. The number of aryl methyl sites for hydroxylation is 1. The van der Waals surface area contributed by atoms with Gasteiger partial charge in [-0.1, -0.05) is 26.0 Å². The first-order chi connectivity index (χ1) is 17.1. The monoisotopic (exact) mass is 570 g/mol. The molecule has 186 valence electrons. The van der Waals surface area contributed by atoms with Gasteiger partial charge in [-0.05, 0) is 75.9 Å². The van der Waals surface area contributed by atoms with Crippen molar-refractivity contribution in [1.82, 2.24) is 4.90 Å². The number of nitro benzene ring substituents is 1. The van der Waals surface area contributed by atoms with E-state index in [0.29, 0.717) is 21.6 Å². The summed E-state index contributed by atoms with van der Waals surface area (Å²) in [7, 11) is 0. The third kappa shape index (κ3) is 5.55. The van der Waals surface area contributed by atoms with Crippen molar-refractivity contribution in [2.45, 2.75) is 26.7 Å². The van der Waals surface area contributed by atoms with Gasteiger partial charge < -0.3 is 9.15 Å². The smallest absolute Gasteiger partial charge is 0.293 e. The number of carbonyl (C=O) groups excluding carboxylic acids is 2. The second-order valence-corrected chi connectivity index (χ2v) is 10.3. The highest BCUT2D eigenvalue weighted by molar-refractivity contribution is 9.10. The van der Waals surface area contributed by atoms with Gasteiger partial charge in [0.05, 0.1) is 16.4 Å². The summed E-state index contributed by atoms with van der Waals surface area (Å²) in [4.78, 5) is 37.3. The maximum absolute atomic E-state index is 12.9. The van der Waals surface area contributed by atoms with E-state index in [4.69, 9.17) is 9.15 Å². The Balaban J connectivity index is 1.44. The van der Waals surface area contributed by atoms with Crippen molar-refractivity contribution in [2.24, 2.45) is 0 Å². The molecule has 0 spiro atoms. The van der Waals surface area contributed by atoms with E-state index in [1.54, 1.807) is 18.2 Å². The van der Waals surface area contributed by atoms with Crippen molar-refractivity contribution < 1.29 is 23.7 Å².